The number of hydrogen-bond donors (Lipinski definition) is 1. The van der Waals surface area contributed by atoms with Gasteiger partial charge in [-0.2, -0.15) is 9.78 Å². The van der Waals surface area contributed by atoms with E-state index in [2.05, 4.69) is 30.3 Å². The van der Waals surface area contributed by atoms with E-state index in [0.717, 1.165) is 54.6 Å². The third kappa shape index (κ3) is 4.13. The molecular weight excluding hydrogens is 396 g/mol. The quantitative estimate of drug-likeness (QED) is 0.592. The number of nitrogens with one attached hydrogen (secondary N) is 1. The van der Waals surface area contributed by atoms with Crippen molar-refractivity contribution in [3.05, 3.63) is 70.3 Å². The molecule has 1 unspecified atom stereocenters. The van der Waals surface area contributed by atoms with E-state index in [1.165, 1.54) is 16.0 Å². The molecule has 1 saturated heterocycles. The highest BCUT2D eigenvalue weighted by Gasteiger charge is 2.33. The molecule has 1 fully saturated rings. The van der Waals surface area contributed by atoms with Crippen LogP contribution in [0, 0.1) is 4.77 Å². The van der Waals surface area contributed by atoms with Crippen LogP contribution < -0.4 is 14.4 Å². The Labute approximate surface area is 182 Å². The molecule has 0 bridgehead atoms. The minimum Gasteiger partial charge on any atom is -0.497 e. The Hall–Kier alpha value is -2.64. The van der Waals surface area contributed by atoms with E-state index in [0.29, 0.717) is 6.04 Å². The van der Waals surface area contributed by atoms with Crippen LogP contribution in [0.5, 0.6) is 11.5 Å². The standard InChI is InChI=1S/C23H28N4O2S/c1-25-22(14-17-8-5-4-6-9-17)24-27(23(25)30)16-26-13-7-10-20(26)19-15-18(28-2)11-12-21(19)29-3/h4-6,8-9,11-12,15,20H,7,10,13-14,16H2,1-3H3/p+1/t20-/m1/s1. The molecule has 158 valence electrons. The van der Waals surface area contributed by atoms with E-state index in [9.17, 15) is 0 Å². The summed E-state index contributed by atoms with van der Waals surface area (Å²) in [6.45, 7) is 1.82. The summed E-state index contributed by atoms with van der Waals surface area (Å²) in [5.74, 6) is 2.76. The molecule has 0 radical (unpaired) electrons. The summed E-state index contributed by atoms with van der Waals surface area (Å²) < 4.78 is 15.9. The van der Waals surface area contributed by atoms with Crippen LogP contribution in [0.4, 0.5) is 0 Å². The normalized spacial score (nSPS) is 18.5. The molecule has 3 aromatic rings. The molecule has 6 nitrogen and oxygen atoms in total. The van der Waals surface area contributed by atoms with Crippen LogP contribution in [-0.4, -0.2) is 35.1 Å². The number of aromatic nitrogens is 3. The summed E-state index contributed by atoms with van der Waals surface area (Å²) in [4.78, 5) is 1.45. The predicted octanol–water partition coefficient (Wildman–Crippen LogP) is 2.94. The van der Waals surface area contributed by atoms with Crippen LogP contribution in [-0.2, 0) is 20.1 Å². The fourth-order valence-corrected chi connectivity index (χ4v) is 4.56. The highest BCUT2D eigenvalue weighted by Crippen LogP contribution is 2.31. The number of ether oxygens (including phenoxy) is 2. The van der Waals surface area contributed by atoms with Gasteiger partial charge in [-0.3, -0.25) is 0 Å². The zero-order valence-corrected chi connectivity index (χ0v) is 18.6. The number of likely N-dealkylation sites (tertiary alicyclic amines) is 1. The van der Waals surface area contributed by atoms with Gasteiger partial charge >= 0.3 is 0 Å². The zero-order valence-electron chi connectivity index (χ0n) is 17.8. The number of quaternary nitrogens is 1. The van der Waals surface area contributed by atoms with Crippen LogP contribution in [0.2, 0.25) is 0 Å². The number of nitrogens with zero attached hydrogens (tertiary/aromatic N) is 3. The van der Waals surface area contributed by atoms with Crippen molar-refractivity contribution in [1.29, 1.82) is 0 Å². The summed E-state index contributed by atoms with van der Waals surface area (Å²) in [5.41, 5.74) is 2.43. The van der Waals surface area contributed by atoms with Crippen molar-refractivity contribution >= 4 is 12.2 Å². The molecule has 0 amide bonds. The highest BCUT2D eigenvalue weighted by molar-refractivity contribution is 7.71. The maximum atomic E-state index is 5.71. The van der Waals surface area contributed by atoms with Crippen LogP contribution in [0.1, 0.15) is 35.8 Å². The molecule has 4 rings (SSSR count). The Kier molecular flexibility index (Phi) is 6.20. The van der Waals surface area contributed by atoms with Gasteiger partial charge in [0.1, 0.15) is 23.4 Å². The molecule has 7 heteroatoms. The molecule has 2 heterocycles. The van der Waals surface area contributed by atoms with Gasteiger partial charge in [-0.1, -0.05) is 30.3 Å². The molecule has 0 spiro atoms. The fraction of sp³-hybridized carbons (Fsp3) is 0.391. The van der Waals surface area contributed by atoms with Gasteiger partial charge in [0.15, 0.2) is 6.67 Å². The van der Waals surface area contributed by atoms with Gasteiger partial charge in [-0.05, 0) is 36.0 Å². The lowest BCUT2D eigenvalue weighted by Crippen LogP contribution is -3.09. The van der Waals surface area contributed by atoms with Gasteiger partial charge in [0.25, 0.3) is 0 Å². The minimum atomic E-state index is 0.330. The van der Waals surface area contributed by atoms with Gasteiger partial charge in [0.05, 0.1) is 26.3 Å². The van der Waals surface area contributed by atoms with E-state index in [1.54, 1.807) is 14.2 Å². The van der Waals surface area contributed by atoms with Crippen molar-refractivity contribution in [3.8, 4) is 11.5 Å². The molecule has 1 aromatic heterocycles. The first-order valence-electron chi connectivity index (χ1n) is 10.3. The lowest BCUT2D eigenvalue weighted by atomic mass is 10.0. The number of rotatable bonds is 7. The Morgan fingerprint density at radius 1 is 1.13 bits per heavy atom. The molecule has 1 N–H and O–H groups in total. The second kappa shape index (κ2) is 9.02. The average Bonchev–Trinajstić information content (AvgIpc) is 3.34. The Morgan fingerprint density at radius 2 is 1.93 bits per heavy atom. The highest BCUT2D eigenvalue weighted by atomic mass is 32.1. The first-order valence-corrected chi connectivity index (χ1v) is 10.7. The van der Waals surface area contributed by atoms with E-state index < -0.39 is 0 Å². The van der Waals surface area contributed by atoms with Gasteiger partial charge in [-0.25, -0.2) is 0 Å². The van der Waals surface area contributed by atoms with Crippen molar-refractivity contribution in [2.75, 3.05) is 20.8 Å². The molecule has 2 aromatic carbocycles. The van der Waals surface area contributed by atoms with E-state index >= 15 is 0 Å². The summed E-state index contributed by atoms with van der Waals surface area (Å²) in [5, 5.41) is 4.87. The number of methoxy groups -OCH3 is 2. The van der Waals surface area contributed by atoms with Crippen molar-refractivity contribution in [3.63, 3.8) is 0 Å². The number of hydrogen-bond acceptors (Lipinski definition) is 4. The van der Waals surface area contributed by atoms with Crippen LogP contribution >= 0.6 is 12.2 Å². The van der Waals surface area contributed by atoms with Gasteiger partial charge < -0.3 is 18.9 Å². The molecule has 0 aliphatic carbocycles. The van der Waals surface area contributed by atoms with Gasteiger partial charge in [0, 0.05) is 26.3 Å². The molecular formula is C23H29N4O2S+. The van der Waals surface area contributed by atoms with Gasteiger partial charge in [0.2, 0.25) is 4.77 Å². The van der Waals surface area contributed by atoms with Crippen LogP contribution in [0.15, 0.2) is 48.5 Å². The second-order valence-electron chi connectivity index (χ2n) is 7.79. The zero-order chi connectivity index (χ0) is 21.1. The maximum absolute atomic E-state index is 5.71. The van der Waals surface area contributed by atoms with Crippen molar-refractivity contribution in [2.45, 2.75) is 32.0 Å². The first-order chi connectivity index (χ1) is 14.6. The monoisotopic (exact) mass is 425 g/mol. The Morgan fingerprint density at radius 3 is 2.67 bits per heavy atom. The third-order valence-electron chi connectivity index (χ3n) is 5.98. The van der Waals surface area contributed by atoms with E-state index in [-0.39, 0.29) is 0 Å². The average molecular weight is 426 g/mol. The largest absolute Gasteiger partial charge is 0.497 e. The lowest BCUT2D eigenvalue weighted by Gasteiger charge is -2.23. The summed E-state index contributed by atoms with van der Waals surface area (Å²) in [6, 6.07) is 16.8. The predicted molar refractivity (Wildman–Crippen MR) is 119 cm³/mol. The SMILES string of the molecule is COc1ccc(OC)c([C@H]2CCC[NH+]2Cn2nc(Cc3ccccc3)n(C)c2=S)c1. The van der Waals surface area contributed by atoms with Crippen LogP contribution in [0.3, 0.4) is 0 Å². The first kappa shape index (κ1) is 20.6. The van der Waals surface area contributed by atoms with E-state index in [1.807, 2.05) is 34.5 Å². The summed E-state index contributed by atoms with van der Waals surface area (Å²) in [7, 11) is 5.43. The third-order valence-corrected chi connectivity index (χ3v) is 6.47. The maximum Gasteiger partial charge on any atom is 0.202 e. The van der Waals surface area contributed by atoms with E-state index in [4.69, 9.17) is 26.8 Å². The molecule has 0 saturated carbocycles. The second-order valence-corrected chi connectivity index (χ2v) is 8.15. The Bertz CT molecular complexity index is 1060. The summed E-state index contributed by atoms with van der Waals surface area (Å²) >= 11 is 5.71. The van der Waals surface area contributed by atoms with Crippen molar-refractivity contribution < 1.29 is 14.4 Å². The molecule has 30 heavy (non-hydrogen) atoms. The topological polar surface area (TPSA) is 45.6 Å². The molecule has 1 aliphatic rings. The lowest BCUT2D eigenvalue weighted by molar-refractivity contribution is -0.941. The summed E-state index contributed by atoms with van der Waals surface area (Å²) in [6.07, 6.45) is 3.05. The number of benzene rings is 2. The smallest absolute Gasteiger partial charge is 0.202 e. The minimum absolute atomic E-state index is 0.330. The molecule has 2 atom stereocenters. The van der Waals surface area contributed by atoms with Crippen molar-refractivity contribution in [2.24, 2.45) is 7.05 Å². The van der Waals surface area contributed by atoms with Gasteiger partial charge in [-0.15, -0.1) is 0 Å². The fourth-order valence-electron chi connectivity index (χ4n) is 4.35. The molecule has 1 aliphatic heterocycles. The Balaban J connectivity index is 1.58. The van der Waals surface area contributed by atoms with Crippen LogP contribution in [0.25, 0.3) is 0 Å². The van der Waals surface area contributed by atoms with Crippen molar-refractivity contribution in [1.82, 2.24) is 14.3 Å².